The largest absolute Gasteiger partial charge is 0.370 e. The lowest BCUT2D eigenvalue weighted by Gasteiger charge is -2.23. The molecule has 0 unspecified atom stereocenters. The van der Waals surface area contributed by atoms with Gasteiger partial charge in [0.25, 0.3) is 0 Å². The Hall–Kier alpha value is -1.44. The molecule has 0 bridgehead atoms. The van der Waals surface area contributed by atoms with Crippen LogP contribution in [0.25, 0.3) is 0 Å². The van der Waals surface area contributed by atoms with E-state index in [4.69, 9.17) is 4.74 Å². The fourth-order valence-electron chi connectivity index (χ4n) is 2.46. The van der Waals surface area contributed by atoms with Gasteiger partial charge in [0.05, 0.1) is 13.2 Å². The van der Waals surface area contributed by atoms with E-state index < -0.39 is 0 Å². The van der Waals surface area contributed by atoms with E-state index in [-0.39, 0.29) is 5.82 Å². The Balaban J connectivity index is 1.60. The molecule has 118 valence electrons. The summed E-state index contributed by atoms with van der Waals surface area (Å²) >= 11 is 1.58. The minimum atomic E-state index is -0.201. The van der Waals surface area contributed by atoms with Gasteiger partial charge in [-0.3, -0.25) is 0 Å². The van der Waals surface area contributed by atoms with Gasteiger partial charge in [0.2, 0.25) is 0 Å². The first-order chi connectivity index (χ1) is 10.7. The highest BCUT2D eigenvalue weighted by atomic mass is 32.2. The first-order valence-corrected chi connectivity index (χ1v) is 8.38. The van der Waals surface area contributed by atoms with Crippen LogP contribution < -0.4 is 4.90 Å². The summed E-state index contributed by atoms with van der Waals surface area (Å²) in [6.07, 6.45) is 0. The number of halogens is 1. The molecule has 3 rings (SSSR count). The highest BCUT2D eigenvalue weighted by Gasteiger charge is 2.18. The van der Waals surface area contributed by atoms with Gasteiger partial charge in [0.1, 0.15) is 25.5 Å². The second-order valence-corrected chi connectivity index (χ2v) is 6.36. The van der Waals surface area contributed by atoms with E-state index in [1.54, 1.807) is 23.9 Å². The maximum atomic E-state index is 13.2. The van der Waals surface area contributed by atoms with Crippen molar-refractivity contribution in [2.45, 2.75) is 17.5 Å². The van der Waals surface area contributed by atoms with E-state index in [2.05, 4.69) is 10.2 Å². The predicted octanol–water partition coefficient (Wildman–Crippen LogP) is 0.662. The summed E-state index contributed by atoms with van der Waals surface area (Å²) < 4.78 is 20.6. The summed E-state index contributed by atoms with van der Waals surface area (Å²) in [5.41, 5.74) is 0.952. The van der Waals surface area contributed by atoms with E-state index >= 15 is 0 Å². The van der Waals surface area contributed by atoms with E-state index in [0.717, 1.165) is 49.4 Å². The number of thioether (sulfide) groups is 1. The van der Waals surface area contributed by atoms with Crippen LogP contribution in [0.15, 0.2) is 29.4 Å². The van der Waals surface area contributed by atoms with Gasteiger partial charge in [-0.05, 0) is 17.7 Å². The number of rotatable bonds is 5. The van der Waals surface area contributed by atoms with Gasteiger partial charge in [-0.15, -0.1) is 10.2 Å². The third-order valence-electron chi connectivity index (χ3n) is 3.79. The highest BCUT2D eigenvalue weighted by Crippen LogP contribution is 2.21. The van der Waals surface area contributed by atoms with Gasteiger partial charge in [-0.25, -0.2) is 4.39 Å². The Bertz CT molecular complexity index is 628. The quantitative estimate of drug-likeness (QED) is 0.821. The van der Waals surface area contributed by atoms with Crippen molar-refractivity contribution in [1.82, 2.24) is 14.8 Å². The molecule has 1 aromatic heterocycles. The first kappa shape index (κ1) is 15.5. The lowest BCUT2D eigenvalue weighted by molar-refractivity contribution is -0.922. The summed E-state index contributed by atoms with van der Waals surface area (Å²) in [6.45, 7) is 4.52. The van der Waals surface area contributed by atoms with Crippen LogP contribution in [0.3, 0.4) is 0 Å². The second-order valence-electron chi connectivity index (χ2n) is 5.42. The normalized spacial score (nSPS) is 16.1. The molecular weight excluding hydrogens is 303 g/mol. The SMILES string of the molecule is Cn1c(C[NH+]2CCOCC2)nnc1SCc1cccc(F)c1. The smallest absolute Gasteiger partial charge is 0.191 e. The maximum Gasteiger partial charge on any atom is 0.191 e. The fraction of sp³-hybridized carbons (Fsp3) is 0.467. The minimum Gasteiger partial charge on any atom is -0.370 e. The number of morpholine rings is 1. The number of nitrogens with one attached hydrogen (secondary N) is 1. The monoisotopic (exact) mass is 323 g/mol. The Morgan fingerprint density at radius 3 is 2.91 bits per heavy atom. The molecule has 0 amide bonds. The van der Waals surface area contributed by atoms with Gasteiger partial charge < -0.3 is 14.2 Å². The molecule has 7 heteroatoms. The third-order valence-corrected chi connectivity index (χ3v) is 4.88. The molecule has 1 aliphatic heterocycles. The zero-order chi connectivity index (χ0) is 15.4. The summed E-state index contributed by atoms with van der Waals surface area (Å²) in [5.74, 6) is 1.47. The number of ether oxygens (including phenoxy) is 1. The number of hydrogen-bond acceptors (Lipinski definition) is 4. The zero-order valence-electron chi connectivity index (χ0n) is 12.6. The molecule has 2 aromatic rings. The summed E-state index contributed by atoms with van der Waals surface area (Å²) in [6, 6.07) is 6.67. The molecule has 1 saturated heterocycles. The van der Waals surface area contributed by atoms with Crippen LogP contribution in [0, 0.1) is 5.82 Å². The first-order valence-electron chi connectivity index (χ1n) is 7.39. The summed E-state index contributed by atoms with van der Waals surface area (Å²) in [5, 5.41) is 9.42. The van der Waals surface area contributed by atoms with Crippen molar-refractivity contribution in [3.63, 3.8) is 0 Å². The highest BCUT2D eigenvalue weighted by molar-refractivity contribution is 7.98. The molecule has 0 atom stereocenters. The molecule has 0 radical (unpaired) electrons. The van der Waals surface area contributed by atoms with Crippen molar-refractivity contribution in [1.29, 1.82) is 0 Å². The van der Waals surface area contributed by atoms with Crippen molar-refractivity contribution < 1.29 is 14.0 Å². The average Bonchev–Trinajstić information content (AvgIpc) is 2.87. The Kier molecular flexibility index (Phi) is 5.07. The van der Waals surface area contributed by atoms with Crippen LogP contribution in [-0.4, -0.2) is 41.1 Å². The van der Waals surface area contributed by atoms with Crippen LogP contribution in [0.5, 0.6) is 0 Å². The van der Waals surface area contributed by atoms with E-state index in [1.807, 2.05) is 17.7 Å². The van der Waals surface area contributed by atoms with Gasteiger partial charge in [-0.2, -0.15) is 0 Å². The van der Waals surface area contributed by atoms with Gasteiger partial charge >= 0.3 is 0 Å². The van der Waals surface area contributed by atoms with E-state index in [9.17, 15) is 4.39 Å². The lowest BCUT2D eigenvalue weighted by atomic mass is 10.2. The minimum absolute atomic E-state index is 0.201. The van der Waals surface area contributed by atoms with Crippen molar-refractivity contribution in [2.24, 2.45) is 7.05 Å². The topological polar surface area (TPSA) is 44.4 Å². The predicted molar refractivity (Wildman–Crippen MR) is 82.2 cm³/mol. The van der Waals surface area contributed by atoms with Crippen LogP contribution in [0.1, 0.15) is 11.4 Å². The van der Waals surface area contributed by atoms with E-state index in [1.165, 1.54) is 11.0 Å². The third kappa shape index (κ3) is 3.85. The molecule has 5 nitrogen and oxygen atoms in total. The zero-order valence-corrected chi connectivity index (χ0v) is 13.4. The lowest BCUT2D eigenvalue weighted by Crippen LogP contribution is -3.12. The van der Waals surface area contributed by atoms with Crippen LogP contribution >= 0.6 is 11.8 Å². The molecule has 0 saturated carbocycles. The van der Waals surface area contributed by atoms with Crippen molar-refractivity contribution in [3.05, 3.63) is 41.5 Å². The van der Waals surface area contributed by atoms with Crippen LogP contribution in [0.2, 0.25) is 0 Å². The second kappa shape index (κ2) is 7.21. The molecule has 0 spiro atoms. The molecule has 2 heterocycles. The number of quaternary nitrogens is 1. The standard InChI is InChI=1S/C15H19FN4OS/c1-19-14(10-20-5-7-21-8-6-20)17-18-15(19)22-11-12-3-2-4-13(16)9-12/h2-4,9H,5-8,10-11H2,1H3/p+1. The molecule has 1 fully saturated rings. The Morgan fingerprint density at radius 2 is 2.14 bits per heavy atom. The molecule has 1 N–H and O–H groups in total. The fourth-order valence-corrected chi connectivity index (χ4v) is 3.33. The summed E-state index contributed by atoms with van der Waals surface area (Å²) in [7, 11) is 1.99. The maximum absolute atomic E-state index is 13.2. The van der Waals surface area contributed by atoms with Gasteiger partial charge in [0.15, 0.2) is 11.0 Å². The summed E-state index contributed by atoms with van der Waals surface area (Å²) in [4.78, 5) is 1.48. The number of benzene rings is 1. The van der Waals surface area contributed by atoms with Gasteiger partial charge in [-0.1, -0.05) is 23.9 Å². The van der Waals surface area contributed by atoms with Crippen LogP contribution in [0.4, 0.5) is 4.39 Å². The average molecular weight is 323 g/mol. The van der Waals surface area contributed by atoms with Crippen molar-refractivity contribution in [2.75, 3.05) is 26.3 Å². The van der Waals surface area contributed by atoms with Crippen molar-refractivity contribution in [3.8, 4) is 0 Å². The Labute approximate surface area is 133 Å². The van der Waals surface area contributed by atoms with Crippen LogP contribution in [-0.2, 0) is 24.1 Å². The van der Waals surface area contributed by atoms with E-state index in [0.29, 0.717) is 5.75 Å². The molecular formula is C15H20FN4OS+. The molecule has 1 aliphatic rings. The number of hydrogen-bond donors (Lipinski definition) is 1. The molecule has 0 aliphatic carbocycles. The number of aromatic nitrogens is 3. The van der Waals surface area contributed by atoms with Crippen molar-refractivity contribution >= 4 is 11.8 Å². The molecule has 1 aromatic carbocycles. The van der Waals surface area contributed by atoms with Gasteiger partial charge in [0, 0.05) is 12.8 Å². The number of nitrogens with zero attached hydrogens (tertiary/aromatic N) is 3. The molecule has 22 heavy (non-hydrogen) atoms. The Morgan fingerprint density at radius 1 is 1.32 bits per heavy atom.